The van der Waals surface area contributed by atoms with E-state index in [0.717, 1.165) is 0 Å². The molecule has 5 nitrogen and oxygen atoms in total. The molecular formula is C11H15Cl2NO4S. The standard InChI is InChI=1S/C11H15Cl2NO4S/c1-4-17-7(3)18-11-8(12)5-9(14-19(15)16)6(2)10(11)13/h5,7,14H,4H2,1-3H3,(H,15,16). The minimum absolute atomic E-state index is 0.232. The molecule has 19 heavy (non-hydrogen) atoms. The Morgan fingerprint density at radius 1 is 1.53 bits per heavy atom. The highest BCUT2D eigenvalue weighted by atomic mass is 35.5. The van der Waals surface area contributed by atoms with E-state index in [9.17, 15) is 4.21 Å². The number of halogens is 2. The minimum atomic E-state index is -2.20. The lowest BCUT2D eigenvalue weighted by atomic mass is 10.2. The lowest BCUT2D eigenvalue weighted by molar-refractivity contribution is -0.0612. The van der Waals surface area contributed by atoms with Gasteiger partial charge in [0.1, 0.15) is 0 Å². The molecule has 0 saturated carbocycles. The molecule has 1 rings (SSSR count). The number of hydrogen-bond acceptors (Lipinski definition) is 3. The molecule has 0 amide bonds. The van der Waals surface area contributed by atoms with Crippen molar-refractivity contribution in [2.24, 2.45) is 0 Å². The van der Waals surface area contributed by atoms with E-state index in [2.05, 4.69) is 4.72 Å². The predicted molar refractivity (Wildman–Crippen MR) is 77.3 cm³/mol. The van der Waals surface area contributed by atoms with Gasteiger partial charge in [0.25, 0.3) is 11.3 Å². The molecule has 0 heterocycles. The zero-order chi connectivity index (χ0) is 14.6. The van der Waals surface area contributed by atoms with Gasteiger partial charge in [-0.2, -0.15) is 0 Å². The second kappa shape index (κ2) is 7.31. The highest BCUT2D eigenvalue weighted by Crippen LogP contribution is 2.40. The third-order valence-electron chi connectivity index (χ3n) is 2.30. The molecule has 0 aliphatic rings. The largest absolute Gasteiger partial charge is 0.462 e. The second-order valence-electron chi connectivity index (χ2n) is 3.67. The zero-order valence-corrected chi connectivity index (χ0v) is 13.0. The van der Waals surface area contributed by atoms with Gasteiger partial charge < -0.3 is 9.47 Å². The Bertz CT molecular complexity index is 484. The smallest absolute Gasteiger partial charge is 0.259 e. The molecule has 0 aromatic heterocycles. The van der Waals surface area contributed by atoms with Gasteiger partial charge >= 0.3 is 0 Å². The molecule has 0 radical (unpaired) electrons. The topological polar surface area (TPSA) is 67.8 Å². The first-order valence-corrected chi connectivity index (χ1v) is 7.37. The molecule has 8 heteroatoms. The summed E-state index contributed by atoms with van der Waals surface area (Å²) < 4.78 is 32.7. The van der Waals surface area contributed by atoms with E-state index in [1.807, 2.05) is 6.92 Å². The summed E-state index contributed by atoms with van der Waals surface area (Å²) in [6.45, 7) is 5.75. The van der Waals surface area contributed by atoms with Gasteiger partial charge in [0.2, 0.25) is 0 Å². The van der Waals surface area contributed by atoms with Gasteiger partial charge in [-0.15, -0.1) is 0 Å². The van der Waals surface area contributed by atoms with Crippen LogP contribution in [0, 0.1) is 6.92 Å². The van der Waals surface area contributed by atoms with Crippen LogP contribution in [-0.2, 0) is 16.0 Å². The molecule has 108 valence electrons. The van der Waals surface area contributed by atoms with Crippen molar-refractivity contribution in [2.75, 3.05) is 11.3 Å². The van der Waals surface area contributed by atoms with Crippen molar-refractivity contribution in [2.45, 2.75) is 27.1 Å². The molecule has 0 saturated heterocycles. The summed E-state index contributed by atoms with van der Waals surface area (Å²) in [6, 6.07) is 1.48. The maximum absolute atomic E-state index is 10.8. The normalized spacial score (nSPS) is 14.0. The number of nitrogens with one attached hydrogen (secondary N) is 1. The van der Waals surface area contributed by atoms with Gasteiger partial charge in [0.05, 0.1) is 15.7 Å². The fourth-order valence-electron chi connectivity index (χ4n) is 1.44. The van der Waals surface area contributed by atoms with Crippen LogP contribution in [0.5, 0.6) is 5.75 Å². The van der Waals surface area contributed by atoms with Crippen LogP contribution in [0.4, 0.5) is 5.69 Å². The molecule has 2 unspecified atom stereocenters. The van der Waals surface area contributed by atoms with E-state index in [-0.39, 0.29) is 15.8 Å². The second-order valence-corrected chi connectivity index (χ2v) is 5.15. The molecule has 0 spiro atoms. The van der Waals surface area contributed by atoms with Crippen molar-refractivity contribution in [3.8, 4) is 5.75 Å². The van der Waals surface area contributed by atoms with E-state index in [4.69, 9.17) is 37.2 Å². The summed E-state index contributed by atoms with van der Waals surface area (Å²) in [5, 5.41) is 0.502. The van der Waals surface area contributed by atoms with E-state index >= 15 is 0 Å². The summed E-state index contributed by atoms with van der Waals surface area (Å²) in [5.41, 5.74) is 0.930. The first-order valence-electron chi connectivity index (χ1n) is 5.51. The average molecular weight is 328 g/mol. The highest BCUT2D eigenvalue weighted by Gasteiger charge is 2.17. The maximum Gasteiger partial charge on any atom is 0.259 e. The molecule has 1 aromatic carbocycles. The molecule has 0 fully saturated rings. The first kappa shape index (κ1) is 16.5. The van der Waals surface area contributed by atoms with Crippen LogP contribution in [0.2, 0.25) is 10.0 Å². The first-order chi connectivity index (χ1) is 8.86. The molecular weight excluding hydrogens is 313 g/mol. The van der Waals surface area contributed by atoms with Crippen molar-refractivity contribution in [1.82, 2.24) is 0 Å². The minimum Gasteiger partial charge on any atom is -0.462 e. The van der Waals surface area contributed by atoms with Crippen LogP contribution in [0.3, 0.4) is 0 Å². The Morgan fingerprint density at radius 3 is 2.68 bits per heavy atom. The summed E-state index contributed by atoms with van der Waals surface area (Å²) in [5.74, 6) is 0.288. The van der Waals surface area contributed by atoms with Crippen LogP contribution >= 0.6 is 23.2 Å². The quantitative estimate of drug-likeness (QED) is 0.618. The number of anilines is 1. The predicted octanol–water partition coefficient (Wildman–Crippen LogP) is 3.61. The molecule has 0 aliphatic carbocycles. The Balaban J connectivity index is 3.07. The third-order valence-corrected chi connectivity index (χ3v) is 3.43. The maximum atomic E-state index is 10.8. The Hall–Kier alpha value is -0.530. The van der Waals surface area contributed by atoms with E-state index in [0.29, 0.717) is 17.9 Å². The lowest BCUT2D eigenvalue weighted by Gasteiger charge is -2.19. The average Bonchev–Trinajstić information content (AvgIpc) is 2.31. The van der Waals surface area contributed by atoms with Crippen LogP contribution in [-0.4, -0.2) is 21.7 Å². The fourth-order valence-corrected chi connectivity index (χ4v) is 2.38. The summed E-state index contributed by atoms with van der Waals surface area (Å²) in [6.07, 6.45) is -0.495. The van der Waals surface area contributed by atoms with Gasteiger partial charge in [-0.1, -0.05) is 23.2 Å². The molecule has 0 aliphatic heterocycles. The monoisotopic (exact) mass is 327 g/mol. The van der Waals surface area contributed by atoms with E-state index in [1.165, 1.54) is 6.07 Å². The Morgan fingerprint density at radius 2 is 2.16 bits per heavy atom. The summed E-state index contributed by atoms with van der Waals surface area (Å²) in [4.78, 5) is 0. The molecule has 1 aromatic rings. The zero-order valence-electron chi connectivity index (χ0n) is 10.7. The van der Waals surface area contributed by atoms with E-state index in [1.54, 1.807) is 13.8 Å². The third kappa shape index (κ3) is 4.50. The van der Waals surface area contributed by atoms with Gasteiger partial charge in [0.15, 0.2) is 12.0 Å². The lowest BCUT2D eigenvalue weighted by Crippen LogP contribution is -2.16. The number of rotatable bonds is 6. The SMILES string of the molecule is CCOC(C)Oc1c(Cl)cc(NS(=O)O)c(C)c1Cl. The van der Waals surface area contributed by atoms with Crippen molar-refractivity contribution in [3.63, 3.8) is 0 Å². The summed E-state index contributed by atoms with van der Waals surface area (Å²) in [7, 11) is 0. The van der Waals surface area contributed by atoms with Gasteiger partial charge in [-0.3, -0.25) is 9.27 Å². The fraction of sp³-hybridized carbons (Fsp3) is 0.455. The number of benzene rings is 1. The van der Waals surface area contributed by atoms with Crippen LogP contribution in [0.25, 0.3) is 0 Å². The van der Waals surface area contributed by atoms with E-state index < -0.39 is 17.6 Å². The van der Waals surface area contributed by atoms with Crippen molar-refractivity contribution < 1.29 is 18.2 Å². The van der Waals surface area contributed by atoms with Crippen molar-refractivity contribution in [3.05, 3.63) is 21.7 Å². The van der Waals surface area contributed by atoms with Crippen LogP contribution in [0.1, 0.15) is 19.4 Å². The number of hydrogen-bond donors (Lipinski definition) is 2. The molecule has 2 N–H and O–H groups in total. The molecule has 2 atom stereocenters. The van der Waals surface area contributed by atoms with Gasteiger partial charge in [-0.25, -0.2) is 4.21 Å². The van der Waals surface area contributed by atoms with Gasteiger partial charge in [-0.05, 0) is 32.4 Å². The highest BCUT2D eigenvalue weighted by molar-refractivity contribution is 7.80. The summed E-state index contributed by atoms with van der Waals surface area (Å²) >= 11 is 10.00. The van der Waals surface area contributed by atoms with Crippen LogP contribution in [0.15, 0.2) is 6.07 Å². The Labute approximate surface area is 124 Å². The van der Waals surface area contributed by atoms with Crippen LogP contribution < -0.4 is 9.46 Å². The number of ether oxygens (including phenoxy) is 2. The molecule has 0 bridgehead atoms. The van der Waals surface area contributed by atoms with Crippen molar-refractivity contribution in [1.29, 1.82) is 0 Å². The van der Waals surface area contributed by atoms with Gasteiger partial charge in [0, 0.05) is 6.61 Å². The van der Waals surface area contributed by atoms with Crippen molar-refractivity contribution >= 4 is 40.2 Å². The Kier molecular flexibility index (Phi) is 6.35.